The zero-order valence-corrected chi connectivity index (χ0v) is 11.3. The van der Waals surface area contributed by atoms with Gasteiger partial charge in [0.1, 0.15) is 6.10 Å². The highest BCUT2D eigenvalue weighted by atomic mass is 16.6. The summed E-state index contributed by atoms with van der Waals surface area (Å²) in [5.41, 5.74) is 6.02. The van der Waals surface area contributed by atoms with Crippen molar-refractivity contribution in [2.75, 3.05) is 0 Å². The lowest BCUT2D eigenvalue weighted by molar-refractivity contribution is -0.144. The van der Waals surface area contributed by atoms with E-state index in [0.29, 0.717) is 17.9 Å². The summed E-state index contributed by atoms with van der Waals surface area (Å²) in [6.07, 6.45) is 5.92. The van der Waals surface area contributed by atoms with Crippen molar-refractivity contribution in [2.45, 2.75) is 51.2 Å². The van der Waals surface area contributed by atoms with Crippen LogP contribution in [-0.2, 0) is 14.3 Å². The molecule has 2 saturated carbocycles. The largest absolute Gasteiger partial charge is 0.483 e. The van der Waals surface area contributed by atoms with E-state index >= 15 is 0 Å². The standard InChI is InChI=1S/C13H21NO2.CH2O2/c1-7-11-5-8-2-3-10(14)4-9(8)6-12(11)13(15)16-7;2-1-3/h7-12H,2-6,14H2,1H3;1H,(H,2,3). The minimum absolute atomic E-state index is 0.0510. The number of cyclic esters (lactones) is 1. The molecule has 0 amide bonds. The van der Waals surface area contributed by atoms with Crippen molar-refractivity contribution < 1.29 is 19.4 Å². The van der Waals surface area contributed by atoms with Gasteiger partial charge in [-0.1, -0.05) is 0 Å². The first-order valence-electron chi connectivity index (χ1n) is 7.10. The summed E-state index contributed by atoms with van der Waals surface area (Å²) in [6.45, 7) is 1.80. The summed E-state index contributed by atoms with van der Waals surface area (Å²) in [5, 5.41) is 6.89. The zero-order chi connectivity index (χ0) is 14.0. The van der Waals surface area contributed by atoms with Crippen molar-refractivity contribution in [2.24, 2.45) is 29.4 Å². The van der Waals surface area contributed by atoms with Crippen LogP contribution < -0.4 is 5.73 Å². The van der Waals surface area contributed by atoms with E-state index in [4.69, 9.17) is 20.4 Å². The quantitative estimate of drug-likeness (QED) is 0.512. The van der Waals surface area contributed by atoms with Crippen LogP contribution in [0.15, 0.2) is 0 Å². The molecule has 1 saturated heterocycles. The maximum atomic E-state index is 11.7. The number of hydrogen-bond acceptors (Lipinski definition) is 4. The van der Waals surface area contributed by atoms with E-state index in [0.717, 1.165) is 18.8 Å². The first-order chi connectivity index (χ1) is 9.06. The number of carbonyl (C=O) groups is 2. The van der Waals surface area contributed by atoms with Crippen LogP contribution in [0.4, 0.5) is 0 Å². The smallest absolute Gasteiger partial charge is 0.309 e. The zero-order valence-electron chi connectivity index (χ0n) is 11.3. The van der Waals surface area contributed by atoms with Crippen molar-refractivity contribution in [3.05, 3.63) is 0 Å². The second-order valence-electron chi connectivity index (χ2n) is 6.08. The Morgan fingerprint density at radius 1 is 1.26 bits per heavy atom. The Labute approximate surface area is 113 Å². The molecule has 6 unspecified atom stereocenters. The lowest BCUT2D eigenvalue weighted by Gasteiger charge is -2.42. The number of rotatable bonds is 0. The second kappa shape index (κ2) is 5.90. The van der Waals surface area contributed by atoms with Crippen LogP contribution in [0, 0.1) is 23.7 Å². The molecule has 3 rings (SSSR count). The molecule has 0 radical (unpaired) electrons. The molecule has 6 atom stereocenters. The molecule has 1 aliphatic heterocycles. The number of carbonyl (C=O) groups excluding carboxylic acids is 1. The molecule has 0 bridgehead atoms. The summed E-state index contributed by atoms with van der Waals surface area (Å²) in [4.78, 5) is 20.1. The molecular weight excluding hydrogens is 246 g/mol. The van der Waals surface area contributed by atoms with Gasteiger partial charge in [-0.2, -0.15) is 0 Å². The summed E-state index contributed by atoms with van der Waals surface area (Å²) >= 11 is 0. The lowest BCUT2D eigenvalue weighted by Crippen LogP contribution is -2.41. The fourth-order valence-electron chi connectivity index (χ4n) is 4.12. The van der Waals surface area contributed by atoms with Gasteiger partial charge in [0.15, 0.2) is 0 Å². The topological polar surface area (TPSA) is 89.6 Å². The Kier molecular flexibility index (Phi) is 4.45. The van der Waals surface area contributed by atoms with Crippen LogP contribution in [0.25, 0.3) is 0 Å². The van der Waals surface area contributed by atoms with Gasteiger partial charge >= 0.3 is 5.97 Å². The maximum absolute atomic E-state index is 11.7. The molecule has 108 valence electrons. The molecule has 5 heteroatoms. The van der Waals surface area contributed by atoms with E-state index in [9.17, 15) is 4.79 Å². The van der Waals surface area contributed by atoms with Crippen molar-refractivity contribution in [3.8, 4) is 0 Å². The molecule has 3 N–H and O–H groups in total. The van der Waals surface area contributed by atoms with E-state index in [1.165, 1.54) is 19.3 Å². The Morgan fingerprint density at radius 2 is 1.95 bits per heavy atom. The minimum Gasteiger partial charge on any atom is -0.483 e. The van der Waals surface area contributed by atoms with Gasteiger partial charge in [0.05, 0.1) is 5.92 Å². The number of esters is 1. The van der Waals surface area contributed by atoms with Crippen LogP contribution in [-0.4, -0.2) is 29.7 Å². The van der Waals surface area contributed by atoms with Gasteiger partial charge in [-0.25, -0.2) is 0 Å². The van der Waals surface area contributed by atoms with Gasteiger partial charge in [0, 0.05) is 12.0 Å². The van der Waals surface area contributed by atoms with E-state index < -0.39 is 0 Å². The predicted octanol–water partition coefficient (Wildman–Crippen LogP) is 1.40. The van der Waals surface area contributed by atoms with Crippen LogP contribution in [0.5, 0.6) is 0 Å². The van der Waals surface area contributed by atoms with Gasteiger partial charge in [-0.05, 0) is 50.9 Å². The summed E-state index contributed by atoms with van der Waals surface area (Å²) < 4.78 is 5.37. The third-order valence-electron chi connectivity index (χ3n) is 5.04. The second-order valence-corrected chi connectivity index (χ2v) is 6.08. The summed E-state index contributed by atoms with van der Waals surface area (Å²) in [5.74, 6) is 2.21. The normalized spacial score (nSPS) is 44.2. The monoisotopic (exact) mass is 269 g/mol. The SMILES string of the molecule is CC1OC(=O)C2CC3CC(N)CCC3CC12.O=CO. The van der Waals surface area contributed by atoms with Crippen LogP contribution in [0.3, 0.4) is 0 Å². The number of hydrogen-bond donors (Lipinski definition) is 2. The Balaban J connectivity index is 0.000000408. The molecule has 0 spiro atoms. The highest BCUT2D eigenvalue weighted by Crippen LogP contribution is 2.49. The van der Waals surface area contributed by atoms with Crippen molar-refractivity contribution in [3.63, 3.8) is 0 Å². The molecular formula is C14H23NO4. The number of nitrogens with two attached hydrogens (primary N) is 1. The average molecular weight is 269 g/mol. The Hall–Kier alpha value is -1.10. The molecule has 2 aliphatic carbocycles. The van der Waals surface area contributed by atoms with Gasteiger partial charge in [-0.3, -0.25) is 9.59 Å². The molecule has 1 heterocycles. The average Bonchev–Trinajstić information content (AvgIpc) is 2.63. The molecule has 0 aromatic carbocycles. The third kappa shape index (κ3) is 2.91. The van der Waals surface area contributed by atoms with Gasteiger partial charge in [0.25, 0.3) is 6.47 Å². The van der Waals surface area contributed by atoms with E-state index in [1.807, 2.05) is 0 Å². The molecule has 0 aromatic rings. The molecule has 0 aromatic heterocycles. The molecule has 5 nitrogen and oxygen atoms in total. The molecule has 3 fully saturated rings. The highest BCUT2D eigenvalue weighted by molar-refractivity contribution is 5.75. The predicted molar refractivity (Wildman–Crippen MR) is 69.3 cm³/mol. The number of fused-ring (bicyclic) bond motifs is 2. The fraction of sp³-hybridized carbons (Fsp3) is 0.857. The highest BCUT2D eigenvalue weighted by Gasteiger charge is 2.49. The van der Waals surface area contributed by atoms with E-state index in [-0.39, 0.29) is 24.5 Å². The Bertz CT molecular complexity index is 346. The maximum Gasteiger partial charge on any atom is 0.309 e. The van der Waals surface area contributed by atoms with Crippen molar-refractivity contribution in [1.29, 1.82) is 0 Å². The van der Waals surface area contributed by atoms with E-state index in [2.05, 4.69) is 6.92 Å². The number of ether oxygens (including phenoxy) is 1. The van der Waals surface area contributed by atoms with Crippen LogP contribution in [0.2, 0.25) is 0 Å². The fourth-order valence-corrected chi connectivity index (χ4v) is 4.12. The van der Waals surface area contributed by atoms with Crippen molar-refractivity contribution >= 4 is 12.4 Å². The lowest BCUT2D eigenvalue weighted by atomic mass is 9.62. The third-order valence-corrected chi connectivity index (χ3v) is 5.04. The summed E-state index contributed by atoms with van der Waals surface area (Å²) in [7, 11) is 0. The first-order valence-corrected chi connectivity index (χ1v) is 7.10. The van der Waals surface area contributed by atoms with Crippen molar-refractivity contribution in [1.82, 2.24) is 0 Å². The van der Waals surface area contributed by atoms with E-state index in [1.54, 1.807) is 0 Å². The minimum atomic E-state index is -0.250. The summed E-state index contributed by atoms with van der Waals surface area (Å²) in [6, 6.07) is 0.368. The van der Waals surface area contributed by atoms with Crippen LogP contribution in [0.1, 0.15) is 39.0 Å². The van der Waals surface area contributed by atoms with Gasteiger partial charge in [0.2, 0.25) is 0 Å². The molecule has 19 heavy (non-hydrogen) atoms. The van der Waals surface area contributed by atoms with Gasteiger partial charge < -0.3 is 15.6 Å². The number of carboxylic acid groups (broad SMARTS) is 1. The van der Waals surface area contributed by atoms with Gasteiger partial charge in [-0.15, -0.1) is 0 Å². The van der Waals surface area contributed by atoms with Crippen LogP contribution >= 0.6 is 0 Å². The first kappa shape index (κ1) is 14.3. The Morgan fingerprint density at radius 3 is 2.63 bits per heavy atom. The molecule has 3 aliphatic rings.